The molecule has 1 aromatic heterocycles. The van der Waals surface area contributed by atoms with Crippen LogP contribution in [0.1, 0.15) is 17.4 Å². The van der Waals surface area contributed by atoms with Crippen molar-refractivity contribution < 1.29 is 9.53 Å². The number of hydrogen-bond acceptors (Lipinski definition) is 4. The number of thiophene rings is 1. The number of carbonyl (C=O) groups is 1. The van der Waals surface area contributed by atoms with Crippen LogP contribution in [0.5, 0.6) is 0 Å². The second kappa shape index (κ2) is 3.69. The average Bonchev–Trinajstić information content (AvgIpc) is 2.76. The van der Waals surface area contributed by atoms with Crippen LogP contribution in [0.25, 0.3) is 10.4 Å². The third-order valence-corrected chi connectivity index (χ3v) is 2.98. The Bertz CT molecular complexity index is 383. The van der Waals surface area contributed by atoms with E-state index >= 15 is 0 Å². The summed E-state index contributed by atoms with van der Waals surface area (Å²) in [5, 5.41) is 5.30. The van der Waals surface area contributed by atoms with Gasteiger partial charge in [0.1, 0.15) is 12.1 Å². The summed E-state index contributed by atoms with van der Waals surface area (Å²) in [7, 11) is 0. The maximum atomic E-state index is 11.2. The fraction of sp³-hybridized carbons (Fsp3) is 0.375. The van der Waals surface area contributed by atoms with Gasteiger partial charge >= 0.3 is 5.97 Å². The molecular formula is C8H7N3O2S. The zero-order valence-corrected chi connectivity index (χ0v) is 7.98. The molecule has 0 unspecified atom stereocenters. The van der Waals surface area contributed by atoms with Gasteiger partial charge in [-0.25, -0.2) is 0 Å². The maximum Gasteiger partial charge on any atom is 0.315 e. The predicted octanol–water partition coefficient (Wildman–Crippen LogP) is 2.42. The summed E-state index contributed by atoms with van der Waals surface area (Å²) < 4.78 is 5.08. The van der Waals surface area contributed by atoms with E-state index in [4.69, 9.17) is 10.3 Å². The highest BCUT2D eigenvalue weighted by Crippen LogP contribution is 2.33. The van der Waals surface area contributed by atoms with Gasteiger partial charge in [-0.1, -0.05) is 11.2 Å². The van der Waals surface area contributed by atoms with Crippen molar-refractivity contribution in [2.24, 2.45) is 5.11 Å². The van der Waals surface area contributed by atoms with Gasteiger partial charge in [-0.3, -0.25) is 4.79 Å². The van der Waals surface area contributed by atoms with Crippen LogP contribution in [0.15, 0.2) is 22.6 Å². The fourth-order valence-electron chi connectivity index (χ4n) is 1.37. The van der Waals surface area contributed by atoms with Crippen LogP contribution >= 0.6 is 11.3 Å². The molecule has 72 valence electrons. The Balaban J connectivity index is 2.14. The van der Waals surface area contributed by atoms with Crippen LogP contribution in [0.3, 0.4) is 0 Å². The van der Waals surface area contributed by atoms with Gasteiger partial charge in [0.05, 0.1) is 0 Å². The molecule has 0 aromatic carbocycles. The predicted molar refractivity (Wildman–Crippen MR) is 50.7 cm³/mol. The molecule has 5 nitrogen and oxygen atoms in total. The Hall–Kier alpha value is -1.52. The Kier molecular flexibility index (Phi) is 2.39. The lowest BCUT2D eigenvalue weighted by Crippen LogP contribution is -2.09. The van der Waals surface area contributed by atoms with Crippen molar-refractivity contribution in [1.29, 1.82) is 0 Å². The molecule has 0 spiro atoms. The van der Waals surface area contributed by atoms with Crippen LogP contribution in [0, 0.1) is 0 Å². The number of rotatable bonds is 2. The van der Waals surface area contributed by atoms with E-state index in [0.717, 1.165) is 4.88 Å². The van der Waals surface area contributed by atoms with Gasteiger partial charge in [-0.15, -0.1) is 11.3 Å². The molecule has 2 rings (SSSR count). The van der Waals surface area contributed by atoms with E-state index in [9.17, 15) is 4.79 Å². The highest BCUT2D eigenvalue weighted by Gasteiger charge is 2.34. The molecule has 14 heavy (non-hydrogen) atoms. The second-order valence-corrected chi connectivity index (χ2v) is 3.88. The van der Waals surface area contributed by atoms with Gasteiger partial charge < -0.3 is 4.74 Å². The van der Waals surface area contributed by atoms with Crippen molar-refractivity contribution in [3.8, 4) is 0 Å². The summed E-state index contributed by atoms with van der Waals surface area (Å²) in [6.45, 7) is 0. The molecule has 0 saturated carbocycles. The van der Waals surface area contributed by atoms with Crippen molar-refractivity contribution in [1.82, 2.24) is 0 Å². The highest BCUT2D eigenvalue weighted by molar-refractivity contribution is 7.10. The molecule has 0 bridgehead atoms. The van der Waals surface area contributed by atoms with Crippen molar-refractivity contribution >= 4 is 17.3 Å². The molecule has 0 aliphatic carbocycles. The largest absolute Gasteiger partial charge is 0.456 e. The van der Waals surface area contributed by atoms with Gasteiger partial charge in [0.15, 0.2) is 0 Å². The van der Waals surface area contributed by atoms with Gasteiger partial charge in [-0.05, 0) is 17.0 Å². The molecule has 2 atom stereocenters. The van der Waals surface area contributed by atoms with Gasteiger partial charge in [0.25, 0.3) is 0 Å². The molecule has 1 saturated heterocycles. The van der Waals surface area contributed by atoms with Gasteiger partial charge in [0, 0.05) is 16.2 Å². The molecule has 1 aliphatic rings. The molecule has 6 heteroatoms. The first-order valence-electron chi connectivity index (χ1n) is 4.09. The summed E-state index contributed by atoms with van der Waals surface area (Å²) in [4.78, 5) is 14.8. The van der Waals surface area contributed by atoms with Gasteiger partial charge in [0.2, 0.25) is 0 Å². The Morgan fingerprint density at radius 2 is 2.57 bits per heavy atom. The van der Waals surface area contributed by atoms with Crippen LogP contribution in [0.2, 0.25) is 0 Å². The lowest BCUT2D eigenvalue weighted by molar-refractivity contribution is -0.142. The summed E-state index contributed by atoms with van der Waals surface area (Å²) in [6.07, 6.45) is 0.210. The third kappa shape index (κ3) is 1.57. The number of cyclic esters (lactones) is 1. The average molecular weight is 209 g/mol. The lowest BCUT2D eigenvalue weighted by Gasteiger charge is -2.04. The maximum absolute atomic E-state index is 11.2. The normalized spacial score (nSPS) is 25.6. The highest BCUT2D eigenvalue weighted by atomic mass is 32.1. The number of carbonyl (C=O) groups excluding carboxylic acids is 1. The van der Waals surface area contributed by atoms with Crippen LogP contribution in [-0.4, -0.2) is 12.0 Å². The van der Waals surface area contributed by atoms with E-state index in [0.29, 0.717) is 6.42 Å². The molecule has 1 aliphatic heterocycles. The van der Waals surface area contributed by atoms with E-state index in [2.05, 4.69) is 10.0 Å². The van der Waals surface area contributed by atoms with E-state index in [-0.39, 0.29) is 6.10 Å². The topological polar surface area (TPSA) is 75.1 Å². The minimum atomic E-state index is -0.660. The smallest absolute Gasteiger partial charge is 0.315 e. The SMILES string of the molecule is [N-]=[N+]=N[C@H]1C[C@@H](c2cccs2)OC1=O. The molecule has 2 heterocycles. The summed E-state index contributed by atoms with van der Waals surface area (Å²) in [5.74, 6) is -0.429. The first-order chi connectivity index (χ1) is 6.81. The van der Waals surface area contributed by atoms with Crippen molar-refractivity contribution in [3.05, 3.63) is 32.8 Å². The monoisotopic (exact) mass is 209 g/mol. The summed E-state index contributed by atoms with van der Waals surface area (Å²) in [6, 6.07) is 3.14. The lowest BCUT2D eigenvalue weighted by atomic mass is 10.1. The molecule has 0 N–H and O–H groups in total. The molecule has 0 radical (unpaired) electrons. The summed E-state index contributed by atoms with van der Waals surface area (Å²) in [5.41, 5.74) is 8.21. The second-order valence-electron chi connectivity index (χ2n) is 2.90. The quantitative estimate of drug-likeness (QED) is 0.324. The zero-order chi connectivity index (χ0) is 9.97. The first kappa shape index (κ1) is 9.05. The Labute approximate surface area is 83.9 Å². The van der Waals surface area contributed by atoms with E-state index in [1.165, 1.54) is 11.3 Å². The van der Waals surface area contributed by atoms with Crippen LogP contribution in [0.4, 0.5) is 0 Å². The van der Waals surface area contributed by atoms with Crippen LogP contribution in [-0.2, 0) is 9.53 Å². The standard InChI is InChI=1S/C8H7N3O2S/c9-11-10-5-4-6(13-8(5)12)7-2-1-3-14-7/h1-3,5-6H,4H2/t5-,6-/m0/s1. The number of hydrogen-bond donors (Lipinski definition) is 0. The molecule has 1 aromatic rings. The van der Waals surface area contributed by atoms with Crippen molar-refractivity contribution in [2.45, 2.75) is 18.6 Å². The first-order valence-corrected chi connectivity index (χ1v) is 4.97. The number of azide groups is 1. The van der Waals surface area contributed by atoms with E-state index in [1.807, 2.05) is 17.5 Å². The molecular weight excluding hydrogens is 202 g/mol. The van der Waals surface area contributed by atoms with E-state index < -0.39 is 12.0 Å². The number of nitrogens with zero attached hydrogens (tertiary/aromatic N) is 3. The van der Waals surface area contributed by atoms with E-state index in [1.54, 1.807) is 0 Å². The zero-order valence-electron chi connectivity index (χ0n) is 7.16. The number of ether oxygens (including phenoxy) is 1. The Morgan fingerprint density at radius 3 is 3.21 bits per heavy atom. The molecule has 0 amide bonds. The Morgan fingerprint density at radius 1 is 1.71 bits per heavy atom. The number of esters is 1. The summed E-state index contributed by atoms with van der Waals surface area (Å²) >= 11 is 1.53. The van der Waals surface area contributed by atoms with Crippen molar-refractivity contribution in [3.63, 3.8) is 0 Å². The van der Waals surface area contributed by atoms with Gasteiger partial charge in [-0.2, -0.15) is 0 Å². The third-order valence-electron chi connectivity index (χ3n) is 2.02. The van der Waals surface area contributed by atoms with Crippen LogP contribution < -0.4 is 0 Å². The minimum absolute atomic E-state index is 0.238. The van der Waals surface area contributed by atoms with Crippen molar-refractivity contribution in [2.75, 3.05) is 0 Å². The molecule has 1 fully saturated rings. The minimum Gasteiger partial charge on any atom is -0.456 e. The fourth-order valence-corrected chi connectivity index (χ4v) is 2.14.